The van der Waals surface area contributed by atoms with Gasteiger partial charge in [-0.2, -0.15) is 0 Å². The summed E-state index contributed by atoms with van der Waals surface area (Å²) in [6, 6.07) is 2.94. The van der Waals surface area contributed by atoms with Crippen LogP contribution in [0.15, 0.2) is 12.1 Å². The van der Waals surface area contributed by atoms with Crippen LogP contribution in [0.4, 0.5) is 0 Å². The van der Waals surface area contributed by atoms with Gasteiger partial charge < -0.3 is 15.2 Å². The minimum Gasteiger partial charge on any atom is -0.494 e. The molecule has 2 N–H and O–H groups in total. The molecular formula is C14H20ClNO3. The van der Waals surface area contributed by atoms with Crippen molar-refractivity contribution in [3.8, 4) is 5.75 Å². The normalized spacial score (nSPS) is 12.1. The summed E-state index contributed by atoms with van der Waals surface area (Å²) < 4.78 is 10.4. The summed E-state index contributed by atoms with van der Waals surface area (Å²) in [6.45, 7) is 6.42. The lowest BCUT2D eigenvalue weighted by molar-refractivity contribution is -0.144. The first-order valence-corrected chi connectivity index (χ1v) is 6.71. The van der Waals surface area contributed by atoms with Crippen molar-refractivity contribution in [3.05, 3.63) is 28.3 Å². The molecular weight excluding hydrogens is 266 g/mol. The Kier molecular flexibility index (Phi) is 6.12. The van der Waals surface area contributed by atoms with Gasteiger partial charge >= 0.3 is 5.97 Å². The average Bonchev–Trinajstić information content (AvgIpc) is 2.36. The number of nitrogens with two attached hydrogens (primary N) is 1. The Bertz CT molecular complexity index is 449. The first-order chi connectivity index (χ1) is 8.99. The molecule has 0 amide bonds. The Morgan fingerprint density at radius 3 is 2.63 bits per heavy atom. The van der Waals surface area contributed by atoms with Crippen LogP contribution in [0.5, 0.6) is 5.75 Å². The minimum absolute atomic E-state index is 0.319. The molecule has 106 valence electrons. The second-order valence-electron chi connectivity index (χ2n) is 4.20. The summed E-state index contributed by atoms with van der Waals surface area (Å²) in [5.74, 6) is 0.297. The van der Waals surface area contributed by atoms with E-state index in [0.717, 1.165) is 11.1 Å². The Balaban J connectivity index is 2.92. The van der Waals surface area contributed by atoms with Crippen LogP contribution >= 0.6 is 11.6 Å². The largest absolute Gasteiger partial charge is 0.494 e. The maximum absolute atomic E-state index is 11.5. The van der Waals surface area contributed by atoms with Gasteiger partial charge in [0.2, 0.25) is 0 Å². The molecule has 0 aliphatic heterocycles. The van der Waals surface area contributed by atoms with Gasteiger partial charge in [0.05, 0.1) is 13.2 Å². The second kappa shape index (κ2) is 7.36. The van der Waals surface area contributed by atoms with Crippen molar-refractivity contribution in [1.29, 1.82) is 0 Å². The molecule has 0 aliphatic rings. The van der Waals surface area contributed by atoms with Crippen molar-refractivity contribution < 1.29 is 14.3 Å². The number of carbonyl (C=O) groups is 1. The molecule has 0 radical (unpaired) electrons. The quantitative estimate of drug-likeness (QED) is 0.816. The lowest BCUT2D eigenvalue weighted by Gasteiger charge is -2.15. The molecule has 0 saturated carbocycles. The van der Waals surface area contributed by atoms with Gasteiger partial charge in [-0.15, -0.1) is 0 Å². The fourth-order valence-corrected chi connectivity index (χ4v) is 1.90. The fraction of sp³-hybridized carbons (Fsp3) is 0.500. The third-order valence-corrected chi connectivity index (χ3v) is 3.08. The zero-order valence-corrected chi connectivity index (χ0v) is 12.3. The third-order valence-electron chi connectivity index (χ3n) is 2.67. The summed E-state index contributed by atoms with van der Waals surface area (Å²) in [4.78, 5) is 11.5. The molecule has 1 aromatic rings. The summed E-state index contributed by atoms with van der Waals surface area (Å²) in [5, 5.41) is 0.634. The molecule has 0 spiro atoms. The monoisotopic (exact) mass is 285 g/mol. The number of hydrogen-bond acceptors (Lipinski definition) is 4. The summed E-state index contributed by atoms with van der Waals surface area (Å²) >= 11 is 6.10. The highest BCUT2D eigenvalue weighted by molar-refractivity contribution is 6.31. The summed E-state index contributed by atoms with van der Waals surface area (Å²) in [6.07, 6.45) is 0.341. The van der Waals surface area contributed by atoms with Crippen molar-refractivity contribution in [1.82, 2.24) is 0 Å². The van der Waals surface area contributed by atoms with E-state index in [4.69, 9.17) is 26.8 Å². The number of carbonyl (C=O) groups excluding carboxylic acids is 1. The maximum Gasteiger partial charge on any atom is 0.323 e. The molecule has 5 heteroatoms. The van der Waals surface area contributed by atoms with Crippen LogP contribution in [0.3, 0.4) is 0 Å². The molecule has 19 heavy (non-hydrogen) atoms. The molecule has 0 saturated heterocycles. The Labute approximate surface area is 118 Å². The SMILES string of the molecule is CCOC(=O)C(N)Cc1cc(Cl)c(C)cc1OCC. The zero-order chi connectivity index (χ0) is 14.4. The minimum atomic E-state index is -0.710. The predicted molar refractivity (Wildman–Crippen MR) is 75.7 cm³/mol. The Morgan fingerprint density at radius 1 is 1.37 bits per heavy atom. The van der Waals surface area contributed by atoms with Gasteiger partial charge in [0.15, 0.2) is 0 Å². The first-order valence-electron chi connectivity index (χ1n) is 6.33. The smallest absolute Gasteiger partial charge is 0.323 e. The summed E-state index contributed by atoms with van der Waals surface area (Å²) in [5.41, 5.74) is 7.56. The topological polar surface area (TPSA) is 61.5 Å². The molecule has 4 nitrogen and oxygen atoms in total. The van der Waals surface area contributed by atoms with E-state index in [1.165, 1.54) is 0 Å². The van der Waals surface area contributed by atoms with Gasteiger partial charge in [0.1, 0.15) is 11.8 Å². The number of rotatable bonds is 6. The molecule has 1 aromatic carbocycles. The van der Waals surface area contributed by atoms with Gasteiger partial charge in [0.25, 0.3) is 0 Å². The maximum atomic E-state index is 11.5. The van der Waals surface area contributed by atoms with Crippen molar-refractivity contribution in [2.24, 2.45) is 5.73 Å². The van der Waals surface area contributed by atoms with Crippen molar-refractivity contribution in [3.63, 3.8) is 0 Å². The van der Waals surface area contributed by atoms with E-state index in [2.05, 4.69) is 0 Å². The van der Waals surface area contributed by atoms with Crippen LogP contribution in [0.1, 0.15) is 25.0 Å². The molecule has 0 fully saturated rings. The first kappa shape index (κ1) is 15.8. The predicted octanol–water partition coefficient (Wildman–Crippen LogP) is 2.48. The van der Waals surface area contributed by atoms with Crippen LogP contribution in [-0.2, 0) is 16.0 Å². The standard InChI is InChI=1S/C14H20ClNO3/c1-4-18-13-6-9(3)11(15)7-10(13)8-12(16)14(17)19-5-2/h6-7,12H,4-5,8,16H2,1-3H3. The Morgan fingerprint density at radius 2 is 2.05 bits per heavy atom. The van der Waals surface area contributed by atoms with Crippen LogP contribution in [-0.4, -0.2) is 25.2 Å². The second-order valence-corrected chi connectivity index (χ2v) is 4.61. The molecule has 0 heterocycles. The molecule has 0 bridgehead atoms. The van der Waals surface area contributed by atoms with Gasteiger partial charge in [0, 0.05) is 11.4 Å². The number of halogens is 1. The Hall–Kier alpha value is -1.26. The number of ether oxygens (including phenoxy) is 2. The van der Waals surface area contributed by atoms with E-state index in [9.17, 15) is 4.79 Å². The number of hydrogen-bond donors (Lipinski definition) is 1. The lowest BCUT2D eigenvalue weighted by atomic mass is 10.0. The highest BCUT2D eigenvalue weighted by atomic mass is 35.5. The molecule has 0 aliphatic carbocycles. The highest BCUT2D eigenvalue weighted by Crippen LogP contribution is 2.27. The van der Waals surface area contributed by atoms with Gasteiger partial charge in [-0.1, -0.05) is 11.6 Å². The van der Waals surface area contributed by atoms with E-state index in [1.807, 2.05) is 19.9 Å². The van der Waals surface area contributed by atoms with E-state index < -0.39 is 12.0 Å². The van der Waals surface area contributed by atoms with Crippen LogP contribution in [0, 0.1) is 6.92 Å². The highest BCUT2D eigenvalue weighted by Gasteiger charge is 2.18. The number of aryl methyl sites for hydroxylation is 1. The van der Waals surface area contributed by atoms with Crippen molar-refractivity contribution >= 4 is 17.6 Å². The molecule has 1 atom stereocenters. The van der Waals surface area contributed by atoms with E-state index in [0.29, 0.717) is 30.4 Å². The van der Waals surface area contributed by atoms with E-state index in [-0.39, 0.29) is 0 Å². The molecule has 1 rings (SSSR count). The van der Waals surface area contributed by atoms with Crippen LogP contribution in [0.2, 0.25) is 5.02 Å². The molecule has 1 unspecified atom stereocenters. The fourth-order valence-electron chi connectivity index (χ4n) is 1.72. The number of benzene rings is 1. The van der Waals surface area contributed by atoms with Gasteiger partial charge in [-0.25, -0.2) is 0 Å². The lowest BCUT2D eigenvalue weighted by Crippen LogP contribution is -2.34. The van der Waals surface area contributed by atoms with Crippen LogP contribution < -0.4 is 10.5 Å². The number of esters is 1. The molecule has 0 aromatic heterocycles. The average molecular weight is 286 g/mol. The summed E-state index contributed by atoms with van der Waals surface area (Å²) in [7, 11) is 0. The zero-order valence-electron chi connectivity index (χ0n) is 11.5. The van der Waals surface area contributed by atoms with Crippen molar-refractivity contribution in [2.75, 3.05) is 13.2 Å². The van der Waals surface area contributed by atoms with Gasteiger partial charge in [-0.05, 0) is 44.0 Å². The van der Waals surface area contributed by atoms with E-state index >= 15 is 0 Å². The van der Waals surface area contributed by atoms with E-state index in [1.54, 1.807) is 13.0 Å². The third kappa shape index (κ3) is 4.40. The van der Waals surface area contributed by atoms with Crippen molar-refractivity contribution in [2.45, 2.75) is 33.2 Å². The van der Waals surface area contributed by atoms with Crippen LogP contribution in [0.25, 0.3) is 0 Å². The van der Waals surface area contributed by atoms with Gasteiger partial charge in [-0.3, -0.25) is 4.79 Å².